The smallest absolute Gasteiger partial charge is 0.0629 e. The van der Waals surface area contributed by atoms with Gasteiger partial charge in [-0.15, -0.1) is 11.3 Å². The number of fused-ring (bicyclic) bond motifs is 7. The second kappa shape index (κ2) is 13.0. The van der Waals surface area contributed by atoms with E-state index in [2.05, 4.69) is 216 Å². The molecule has 3 heteroatoms. The van der Waals surface area contributed by atoms with E-state index in [0.717, 1.165) is 17.1 Å². The van der Waals surface area contributed by atoms with Crippen molar-refractivity contribution in [3.8, 4) is 22.3 Å². The molecule has 0 saturated heterocycles. The third-order valence-electron chi connectivity index (χ3n) is 11.3. The molecule has 0 spiro atoms. The minimum absolute atomic E-state index is 0.275. The highest BCUT2D eigenvalue weighted by atomic mass is 32.1. The van der Waals surface area contributed by atoms with E-state index in [4.69, 9.17) is 0 Å². The average Bonchev–Trinajstić information content (AvgIpc) is 3.80. The van der Waals surface area contributed by atoms with Crippen molar-refractivity contribution in [2.75, 3.05) is 9.80 Å². The van der Waals surface area contributed by atoms with Crippen molar-refractivity contribution in [3.63, 3.8) is 0 Å². The highest BCUT2D eigenvalue weighted by molar-refractivity contribution is 7.25. The van der Waals surface area contributed by atoms with Crippen molar-refractivity contribution in [3.05, 3.63) is 212 Å². The van der Waals surface area contributed by atoms with E-state index in [1.807, 2.05) is 11.3 Å². The Kier molecular flexibility index (Phi) is 7.53. The van der Waals surface area contributed by atoms with Crippen molar-refractivity contribution < 1.29 is 0 Å². The fraction of sp³-hybridized carbons (Fsp3) is 0.0385. The van der Waals surface area contributed by atoms with E-state index in [1.54, 1.807) is 0 Å². The number of para-hydroxylation sites is 1. The molecule has 1 aliphatic carbocycles. The standard InChI is InChI=1S/C52H36N2S/c1-2-12-37-31-40(24-23-35(37)11-1)39-14-10-15-42(33-39)53(44-29-30-52-48(34-44)47-19-5-8-22-51(47)55-52)41-27-25-36(26-28-41)38-13-9-16-43(32-38)54-49-20-6-3-17-45(49)46-18-4-7-21-50(46)54/h1-34,45,49H. The van der Waals surface area contributed by atoms with Crippen LogP contribution in [0.1, 0.15) is 11.5 Å². The van der Waals surface area contributed by atoms with Crippen LogP contribution in [-0.4, -0.2) is 6.04 Å². The first-order valence-corrected chi connectivity index (χ1v) is 19.8. The molecule has 2 unspecified atom stereocenters. The van der Waals surface area contributed by atoms with Crippen LogP contribution in [-0.2, 0) is 0 Å². The second-order valence-corrected chi connectivity index (χ2v) is 15.6. The van der Waals surface area contributed by atoms with Crippen molar-refractivity contribution in [1.82, 2.24) is 0 Å². The van der Waals surface area contributed by atoms with Crippen LogP contribution in [0.5, 0.6) is 0 Å². The van der Waals surface area contributed by atoms with E-state index in [0.29, 0.717) is 5.92 Å². The molecule has 2 atom stereocenters. The quantitative estimate of drug-likeness (QED) is 0.169. The zero-order valence-electron chi connectivity index (χ0n) is 30.1. The number of anilines is 5. The summed E-state index contributed by atoms with van der Waals surface area (Å²) in [6.45, 7) is 0. The van der Waals surface area contributed by atoms with Gasteiger partial charge in [-0.2, -0.15) is 0 Å². The molecule has 11 rings (SSSR count). The third-order valence-corrected chi connectivity index (χ3v) is 12.5. The number of allylic oxidation sites excluding steroid dienone is 2. The molecule has 0 saturated carbocycles. The molecule has 0 N–H and O–H groups in total. The average molecular weight is 721 g/mol. The first-order valence-electron chi connectivity index (χ1n) is 19.0. The van der Waals surface area contributed by atoms with Gasteiger partial charge < -0.3 is 9.80 Å². The van der Waals surface area contributed by atoms with Gasteiger partial charge in [-0.05, 0) is 111 Å². The van der Waals surface area contributed by atoms with Crippen molar-refractivity contribution in [2.24, 2.45) is 0 Å². The number of benzene rings is 8. The van der Waals surface area contributed by atoms with E-state index >= 15 is 0 Å². The zero-order chi connectivity index (χ0) is 36.3. The van der Waals surface area contributed by atoms with Crippen LogP contribution in [0.3, 0.4) is 0 Å². The molecule has 2 heterocycles. The molecule has 0 fully saturated rings. The number of rotatable bonds is 6. The van der Waals surface area contributed by atoms with E-state index < -0.39 is 0 Å². The second-order valence-electron chi connectivity index (χ2n) is 14.5. The SMILES string of the molecule is C1=CC2c3ccccc3N(c3cccc(-c4ccc(N(c5cccc(-c6ccc7ccccc7c6)c5)c5ccc6sc7ccccc7c6c5)cc4)c3)C2C=C1. The fourth-order valence-corrected chi connectivity index (χ4v) is 9.81. The third kappa shape index (κ3) is 5.47. The van der Waals surface area contributed by atoms with Gasteiger partial charge in [0.15, 0.2) is 0 Å². The van der Waals surface area contributed by atoms with Gasteiger partial charge in [-0.25, -0.2) is 0 Å². The maximum absolute atomic E-state index is 2.51. The lowest BCUT2D eigenvalue weighted by Crippen LogP contribution is -2.28. The van der Waals surface area contributed by atoms with E-state index in [1.165, 1.54) is 70.1 Å². The summed E-state index contributed by atoms with van der Waals surface area (Å²) in [5.74, 6) is 0.362. The summed E-state index contributed by atoms with van der Waals surface area (Å²) >= 11 is 1.86. The Labute approximate surface area is 325 Å². The summed E-state index contributed by atoms with van der Waals surface area (Å²) in [5, 5.41) is 5.09. The Morgan fingerprint density at radius 2 is 1.13 bits per heavy atom. The number of thiophene rings is 1. The first kappa shape index (κ1) is 31.8. The Balaban J connectivity index is 0.997. The summed E-state index contributed by atoms with van der Waals surface area (Å²) in [7, 11) is 0. The molecule has 0 radical (unpaired) electrons. The van der Waals surface area contributed by atoms with Gasteiger partial charge in [0.25, 0.3) is 0 Å². The molecule has 2 nitrogen and oxygen atoms in total. The van der Waals surface area contributed by atoms with Gasteiger partial charge in [-0.1, -0.05) is 133 Å². The van der Waals surface area contributed by atoms with E-state index in [-0.39, 0.29) is 6.04 Å². The zero-order valence-corrected chi connectivity index (χ0v) is 30.9. The monoisotopic (exact) mass is 720 g/mol. The topological polar surface area (TPSA) is 6.48 Å². The van der Waals surface area contributed by atoms with Gasteiger partial charge >= 0.3 is 0 Å². The summed E-state index contributed by atoms with van der Waals surface area (Å²) in [5.41, 5.74) is 12.1. The van der Waals surface area contributed by atoms with Crippen LogP contribution < -0.4 is 9.80 Å². The highest BCUT2D eigenvalue weighted by Crippen LogP contribution is 2.48. The van der Waals surface area contributed by atoms with Crippen LogP contribution in [0.2, 0.25) is 0 Å². The van der Waals surface area contributed by atoms with Crippen LogP contribution in [0.25, 0.3) is 53.2 Å². The van der Waals surface area contributed by atoms with Crippen molar-refractivity contribution in [1.29, 1.82) is 0 Å². The number of hydrogen-bond donors (Lipinski definition) is 0. The molecular weight excluding hydrogens is 685 g/mol. The van der Waals surface area contributed by atoms with E-state index in [9.17, 15) is 0 Å². The normalized spacial score (nSPS) is 15.8. The molecule has 55 heavy (non-hydrogen) atoms. The molecular formula is C52H36N2S. The molecule has 9 aromatic rings. The molecule has 2 aliphatic rings. The van der Waals surface area contributed by atoms with Gasteiger partial charge in [0.2, 0.25) is 0 Å². The lowest BCUT2D eigenvalue weighted by molar-refractivity contribution is 0.745. The van der Waals surface area contributed by atoms with Crippen LogP contribution >= 0.6 is 11.3 Å². The lowest BCUT2D eigenvalue weighted by atomic mass is 9.91. The molecule has 260 valence electrons. The fourth-order valence-electron chi connectivity index (χ4n) is 8.72. The highest BCUT2D eigenvalue weighted by Gasteiger charge is 2.37. The maximum Gasteiger partial charge on any atom is 0.0629 e. The van der Waals surface area contributed by atoms with Gasteiger partial charge in [0.05, 0.1) is 6.04 Å². The number of hydrogen-bond acceptors (Lipinski definition) is 3. The summed E-state index contributed by atoms with van der Waals surface area (Å²) < 4.78 is 2.62. The van der Waals surface area contributed by atoms with Gasteiger partial charge in [0, 0.05) is 54.5 Å². The van der Waals surface area contributed by atoms with Crippen LogP contribution in [0, 0.1) is 0 Å². The van der Waals surface area contributed by atoms with Gasteiger partial charge in [0.1, 0.15) is 0 Å². The predicted molar refractivity (Wildman–Crippen MR) is 236 cm³/mol. The Hall–Kier alpha value is -6.68. The number of nitrogens with zero attached hydrogens (tertiary/aromatic N) is 2. The summed E-state index contributed by atoms with van der Waals surface area (Å²) in [6.07, 6.45) is 9.05. The summed E-state index contributed by atoms with van der Waals surface area (Å²) in [4.78, 5) is 4.91. The minimum atomic E-state index is 0.275. The lowest BCUT2D eigenvalue weighted by Gasteiger charge is -2.29. The van der Waals surface area contributed by atoms with Gasteiger partial charge in [-0.3, -0.25) is 0 Å². The summed E-state index contributed by atoms with van der Waals surface area (Å²) in [6, 6.07) is 67.2. The molecule has 8 aromatic carbocycles. The first-order chi connectivity index (χ1) is 27.2. The van der Waals surface area contributed by atoms with Crippen molar-refractivity contribution >= 4 is 70.7 Å². The molecule has 1 aliphatic heterocycles. The Morgan fingerprint density at radius 1 is 0.436 bits per heavy atom. The molecule has 0 bridgehead atoms. The predicted octanol–water partition coefficient (Wildman–Crippen LogP) is 14.7. The van der Waals surface area contributed by atoms with Crippen LogP contribution in [0.15, 0.2) is 206 Å². The molecule has 1 aromatic heterocycles. The molecule has 0 amide bonds. The Morgan fingerprint density at radius 3 is 2.05 bits per heavy atom. The van der Waals surface area contributed by atoms with Crippen LogP contribution in [0.4, 0.5) is 28.4 Å². The Bertz CT molecular complexity index is 2970. The minimum Gasteiger partial charge on any atom is -0.333 e. The largest absolute Gasteiger partial charge is 0.333 e. The maximum atomic E-state index is 2.51. The van der Waals surface area contributed by atoms with Crippen molar-refractivity contribution in [2.45, 2.75) is 12.0 Å².